The van der Waals surface area contributed by atoms with Crippen molar-refractivity contribution >= 4 is 28.7 Å². The SMILES string of the molecule is O=C(NC[C@@H](C(=O)N[C@@H](CCc1ccccc1)C(=O)c1nc2ccccc2o1)C1CCCCC1)c1ccncc1. The predicted molar refractivity (Wildman–Crippen MR) is 152 cm³/mol. The van der Waals surface area contributed by atoms with Crippen LogP contribution in [0.4, 0.5) is 0 Å². The Morgan fingerprint density at radius 3 is 2.38 bits per heavy atom. The van der Waals surface area contributed by atoms with Crippen molar-refractivity contribution in [3.63, 3.8) is 0 Å². The van der Waals surface area contributed by atoms with Crippen LogP contribution >= 0.6 is 0 Å². The molecular weight excluding hydrogens is 504 g/mol. The van der Waals surface area contributed by atoms with Crippen molar-refractivity contribution in [2.75, 3.05) is 6.54 Å². The summed E-state index contributed by atoms with van der Waals surface area (Å²) in [5.74, 6) is -1.19. The Morgan fingerprint density at radius 2 is 1.62 bits per heavy atom. The van der Waals surface area contributed by atoms with Gasteiger partial charge in [0.15, 0.2) is 5.58 Å². The van der Waals surface area contributed by atoms with E-state index in [9.17, 15) is 14.4 Å². The summed E-state index contributed by atoms with van der Waals surface area (Å²) in [7, 11) is 0. The molecule has 0 unspecified atom stereocenters. The van der Waals surface area contributed by atoms with Crippen molar-refractivity contribution in [3.8, 4) is 0 Å². The van der Waals surface area contributed by atoms with E-state index in [0.717, 1.165) is 37.7 Å². The zero-order valence-corrected chi connectivity index (χ0v) is 22.4. The average molecular weight is 539 g/mol. The summed E-state index contributed by atoms with van der Waals surface area (Å²) in [5.41, 5.74) is 2.68. The van der Waals surface area contributed by atoms with Gasteiger partial charge in [-0.05, 0) is 61.4 Å². The van der Waals surface area contributed by atoms with Crippen LogP contribution in [0, 0.1) is 11.8 Å². The maximum atomic E-state index is 13.8. The number of rotatable bonds is 11. The summed E-state index contributed by atoms with van der Waals surface area (Å²) in [5, 5.41) is 5.98. The summed E-state index contributed by atoms with van der Waals surface area (Å²) in [6, 6.07) is 19.5. The number of benzene rings is 2. The van der Waals surface area contributed by atoms with Gasteiger partial charge in [0, 0.05) is 24.5 Å². The van der Waals surface area contributed by atoms with Crippen LogP contribution in [0.2, 0.25) is 0 Å². The lowest BCUT2D eigenvalue weighted by atomic mass is 9.79. The molecule has 4 aromatic rings. The number of carbonyl (C=O) groups excluding carboxylic acids is 3. The fourth-order valence-electron chi connectivity index (χ4n) is 5.45. The second-order valence-electron chi connectivity index (χ2n) is 10.4. The number of oxazole rings is 1. The van der Waals surface area contributed by atoms with Gasteiger partial charge in [0.05, 0.1) is 12.0 Å². The Morgan fingerprint density at radius 1 is 0.900 bits per heavy atom. The van der Waals surface area contributed by atoms with E-state index in [1.54, 1.807) is 36.7 Å². The molecule has 2 atom stereocenters. The Balaban J connectivity index is 1.35. The molecule has 8 heteroatoms. The highest BCUT2D eigenvalue weighted by molar-refractivity contribution is 6.00. The molecular formula is C32H34N4O4. The highest BCUT2D eigenvalue weighted by atomic mass is 16.4. The number of aryl methyl sites for hydroxylation is 1. The Bertz CT molecular complexity index is 1400. The van der Waals surface area contributed by atoms with Gasteiger partial charge in [0.2, 0.25) is 11.7 Å². The minimum absolute atomic E-state index is 0.0141. The van der Waals surface area contributed by atoms with Crippen LogP contribution < -0.4 is 10.6 Å². The Labute approximate surface area is 233 Å². The third-order valence-electron chi connectivity index (χ3n) is 7.68. The minimum atomic E-state index is -0.817. The Kier molecular flexibility index (Phi) is 8.96. The van der Waals surface area contributed by atoms with E-state index in [1.807, 2.05) is 42.5 Å². The monoisotopic (exact) mass is 538 g/mol. The zero-order chi connectivity index (χ0) is 27.7. The molecule has 0 radical (unpaired) electrons. The summed E-state index contributed by atoms with van der Waals surface area (Å²) in [4.78, 5) is 48.6. The van der Waals surface area contributed by atoms with Crippen LogP contribution in [-0.2, 0) is 11.2 Å². The van der Waals surface area contributed by atoms with Crippen LogP contribution in [0.5, 0.6) is 0 Å². The van der Waals surface area contributed by atoms with E-state index in [1.165, 1.54) is 0 Å². The van der Waals surface area contributed by atoms with Crippen LogP contribution in [0.3, 0.4) is 0 Å². The first kappa shape index (κ1) is 27.2. The lowest BCUT2D eigenvalue weighted by molar-refractivity contribution is -0.127. The number of fused-ring (bicyclic) bond motifs is 1. The minimum Gasteiger partial charge on any atom is -0.434 e. The first-order valence-corrected chi connectivity index (χ1v) is 14.0. The Hall–Kier alpha value is -4.33. The largest absolute Gasteiger partial charge is 0.434 e. The molecule has 1 aliphatic rings. The maximum absolute atomic E-state index is 13.8. The quantitative estimate of drug-likeness (QED) is 0.255. The van der Waals surface area contributed by atoms with Gasteiger partial charge in [-0.15, -0.1) is 0 Å². The number of hydrogen-bond acceptors (Lipinski definition) is 6. The molecule has 0 spiro atoms. The van der Waals surface area contributed by atoms with Gasteiger partial charge in [-0.25, -0.2) is 4.98 Å². The number of carbonyl (C=O) groups is 3. The number of para-hydroxylation sites is 2. The molecule has 2 heterocycles. The molecule has 2 aromatic carbocycles. The van der Waals surface area contributed by atoms with Crippen molar-refractivity contribution in [1.82, 2.24) is 20.6 Å². The molecule has 2 aromatic heterocycles. The zero-order valence-electron chi connectivity index (χ0n) is 22.4. The normalized spacial score (nSPS) is 15.3. The molecule has 1 aliphatic carbocycles. The molecule has 0 bridgehead atoms. The van der Waals surface area contributed by atoms with Gasteiger partial charge in [-0.1, -0.05) is 61.7 Å². The molecule has 0 aliphatic heterocycles. The van der Waals surface area contributed by atoms with E-state index in [2.05, 4.69) is 20.6 Å². The molecule has 1 fully saturated rings. The van der Waals surface area contributed by atoms with E-state index < -0.39 is 12.0 Å². The highest BCUT2D eigenvalue weighted by Crippen LogP contribution is 2.30. The van der Waals surface area contributed by atoms with E-state index in [0.29, 0.717) is 29.5 Å². The van der Waals surface area contributed by atoms with Crippen molar-refractivity contribution in [1.29, 1.82) is 0 Å². The first-order chi connectivity index (χ1) is 19.6. The van der Waals surface area contributed by atoms with E-state index in [-0.39, 0.29) is 36.0 Å². The number of pyridine rings is 1. The van der Waals surface area contributed by atoms with Crippen molar-refractivity contribution in [2.24, 2.45) is 11.8 Å². The number of nitrogens with one attached hydrogen (secondary N) is 2. The van der Waals surface area contributed by atoms with E-state index >= 15 is 0 Å². The predicted octanol–water partition coefficient (Wildman–Crippen LogP) is 5.15. The summed E-state index contributed by atoms with van der Waals surface area (Å²) in [6.45, 7) is 0.195. The van der Waals surface area contributed by atoms with Gasteiger partial charge >= 0.3 is 0 Å². The van der Waals surface area contributed by atoms with Crippen molar-refractivity contribution in [2.45, 2.75) is 51.0 Å². The van der Waals surface area contributed by atoms with Gasteiger partial charge < -0.3 is 15.1 Å². The molecule has 0 saturated heterocycles. The summed E-state index contributed by atoms with van der Waals surface area (Å²) in [6.07, 6.45) is 9.19. The van der Waals surface area contributed by atoms with Crippen LogP contribution in [0.15, 0.2) is 83.5 Å². The van der Waals surface area contributed by atoms with Gasteiger partial charge in [-0.2, -0.15) is 0 Å². The smallest absolute Gasteiger partial charge is 0.266 e. The second kappa shape index (κ2) is 13.2. The first-order valence-electron chi connectivity index (χ1n) is 14.0. The molecule has 2 amide bonds. The highest BCUT2D eigenvalue weighted by Gasteiger charge is 2.34. The summed E-state index contributed by atoms with van der Waals surface area (Å²) < 4.78 is 5.78. The maximum Gasteiger partial charge on any atom is 0.266 e. The molecule has 1 saturated carbocycles. The molecule has 206 valence electrons. The van der Waals surface area contributed by atoms with Crippen molar-refractivity contribution < 1.29 is 18.8 Å². The lowest BCUT2D eigenvalue weighted by Crippen LogP contribution is -2.49. The number of amides is 2. The average Bonchev–Trinajstić information content (AvgIpc) is 3.45. The summed E-state index contributed by atoms with van der Waals surface area (Å²) >= 11 is 0. The lowest BCUT2D eigenvalue weighted by Gasteiger charge is -2.30. The fourth-order valence-corrected chi connectivity index (χ4v) is 5.45. The molecule has 2 N–H and O–H groups in total. The third-order valence-corrected chi connectivity index (χ3v) is 7.68. The number of hydrogen-bond donors (Lipinski definition) is 2. The van der Waals surface area contributed by atoms with Gasteiger partial charge in [-0.3, -0.25) is 19.4 Å². The number of nitrogens with zero attached hydrogens (tertiary/aromatic N) is 2. The van der Waals surface area contributed by atoms with E-state index in [4.69, 9.17) is 4.42 Å². The van der Waals surface area contributed by atoms with Gasteiger partial charge in [0.1, 0.15) is 5.52 Å². The van der Waals surface area contributed by atoms with Crippen LogP contribution in [0.1, 0.15) is 65.1 Å². The number of ketones is 1. The van der Waals surface area contributed by atoms with Crippen molar-refractivity contribution in [3.05, 3.63) is 96.1 Å². The number of Topliss-reactive ketones (excluding diaryl/α,β-unsaturated/α-hetero) is 1. The van der Waals surface area contributed by atoms with Gasteiger partial charge in [0.25, 0.3) is 11.8 Å². The number of aromatic nitrogens is 2. The molecule has 40 heavy (non-hydrogen) atoms. The molecule has 8 nitrogen and oxygen atoms in total. The standard InChI is InChI=1S/C32H34N4O4/c37-29(32-36-26-13-7-8-14-28(26)40-32)27(16-15-22-9-3-1-4-10-22)35-31(39)25(23-11-5-2-6-12-23)21-34-30(38)24-17-19-33-20-18-24/h1,3-4,7-10,13-14,17-20,23,25,27H,2,5-6,11-12,15-16,21H2,(H,34,38)(H,35,39)/t25-,27+/m1/s1. The second-order valence-corrected chi connectivity index (χ2v) is 10.4. The third kappa shape index (κ3) is 6.81. The molecule has 5 rings (SSSR count). The van der Waals surface area contributed by atoms with Crippen LogP contribution in [0.25, 0.3) is 11.1 Å². The van der Waals surface area contributed by atoms with Crippen LogP contribution in [-0.4, -0.2) is 40.2 Å². The fraction of sp³-hybridized carbons (Fsp3) is 0.344. The topological polar surface area (TPSA) is 114 Å².